The lowest BCUT2D eigenvalue weighted by Crippen LogP contribution is -2.45. The van der Waals surface area contributed by atoms with Gasteiger partial charge in [-0.05, 0) is 52.4 Å². The van der Waals surface area contributed by atoms with Crippen LogP contribution in [0.2, 0.25) is 0 Å². The molecule has 1 N–H and O–H groups in total. The molecule has 0 spiro atoms. The molecule has 3 nitrogen and oxygen atoms in total. The zero-order chi connectivity index (χ0) is 11.7. The molecular formula is C13H24N2O. The lowest BCUT2D eigenvalue weighted by atomic mass is 10.1. The third-order valence-electron chi connectivity index (χ3n) is 3.62. The SMILES string of the molecule is CC(C)NC(=O)CN(C1CC1)[C@@H](C)C1CC1. The minimum absolute atomic E-state index is 0.189. The number of amides is 1. The molecule has 16 heavy (non-hydrogen) atoms. The topological polar surface area (TPSA) is 32.3 Å². The summed E-state index contributed by atoms with van der Waals surface area (Å²) < 4.78 is 0. The largest absolute Gasteiger partial charge is 0.353 e. The highest BCUT2D eigenvalue weighted by Gasteiger charge is 2.39. The minimum atomic E-state index is 0.189. The third-order valence-corrected chi connectivity index (χ3v) is 3.62. The van der Waals surface area contributed by atoms with Crippen molar-refractivity contribution in [2.45, 2.75) is 64.6 Å². The molecule has 0 bridgehead atoms. The van der Waals surface area contributed by atoms with Crippen LogP contribution in [0.3, 0.4) is 0 Å². The van der Waals surface area contributed by atoms with E-state index in [2.05, 4.69) is 17.1 Å². The van der Waals surface area contributed by atoms with Gasteiger partial charge >= 0.3 is 0 Å². The first-order chi connectivity index (χ1) is 7.58. The van der Waals surface area contributed by atoms with Crippen molar-refractivity contribution in [1.29, 1.82) is 0 Å². The second-order valence-electron chi connectivity index (χ2n) is 5.70. The van der Waals surface area contributed by atoms with Crippen LogP contribution in [0.15, 0.2) is 0 Å². The molecule has 2 rings (SSSR count). The van der Waals surface area contributed by atoms with Gasteiger partial charge in [-0.15, -0.1) is 0 Å². The van der Waals surface area contributed by atoms with Crippen LogP contribution in [0.5, 0.6) is 0 Å². The van der Waals surface area contributed by atoms with E-state index in [-0.39, 0.29) is 11.9 Å². The van der Waals surface area contributed by atoms with Gasteiger partial charge in [0.1, 0.15) is 0 Å². The van der Waals surface area contributed by atoms with E-state index in [0.29, 0.717) is 18.6 Å². The highest BCUT2D eigenvalue weighted by atomic mass is 16.2. The molecular weight excluding hydrogens is 200 g/mol. The van der Waals surface area contributed by atoms with Gasteiger partial charge < -0.3 is 5.32 Å². The van der Waals surface area contributed by atoms with Crippen LogP contribution in [0.4, 0.5) is 0 Å². The summed E-state index contributed by atoms with van der Waals surface area (Å²) in [6.45, 7) is 6.92. The summed E-state index contributed by atoms with van der Waals surface area (Å²) in [5.74, 6) is 1.04. The van der Waals surface area contributed by atoms with Gasteiger partial charge in [-0.2, -0.15) is 0 Å². The van der Waals surface area contributed by atoms with Gasteiger partial charge in [-0.25, -0.2) is 0 Å². The smallest absolute Gasteiger partial charge is 0.234 e. The average molecular weight is 224 g/mol. The van der Waals surface area contributed by atoms with Crippen LogP contribution in [0, 0.1) is 5.92 Å². The maximum Gasteiger partial charge on any atom is 0.234 e. The van der Waals surface area contributed by atoms with E-state index in [0.717, 1.165) is 5.92 Å². The van der Waals surface area contributed by atoms with Crippen molar-refractivity contribution >= 4 is 5.91 Å². The second kappa shape index (κ2) is 4.74. The predicted octanol–water partition coefficient (Wildman–Crippen LogP) is 1.77. The lowest BCUT2D eigenvalue weighted by Gasteiger charge is -2.28. The fourth-order valence-corrected chi connectivity index (χ4v) is 2.39. The summed E-state index contributed by atoms with van der Waals surface area (Å²) in [5.41, 5.74) is 0. The number of carbonyl (C=O) groups excluding carboxylic acids is 1. The summed E-state index contributed by atoms with van der Waals surface area (Å²) in [7, 11) is 0. The van der Waals surface area contributed by atoms with Crippen LogP contribution in [0.25, 0.3) is 0 Å². The molecule has 0 radical (unpaired) electrons. The highest BCUT2D eigenvalue weighted by Crippen LogP contribution is 2.39. The van der Waals surface area contributed by atoms with Crippen molar-refractivity contribution < 1.29 is 4.79 Å². The standard InChI is InChI=1S/C13H24N2O/c1-9(2)14-13(16)8-15(12-6-7-12)10(3)11-4-5-11/h9-12H,4-8H2,1-3H3,(H,14,16)/t10-/m0/s1. The van der Waals surface area contributed by atoms with E-state index in [9.17, 15) is 4.79 Å². The number of nitrogens with zero attached hydrogens (tertiary/aromatic N) is 1. The maximum absolute atomic E-state index is 11.8. The Bertz CT molecular complexity index is 257. The van der Waals surface area contributed by atoms with Gasteiger partial charge in [0.05, 0.1) is 6.54 Å². The summed E-state index contributed by atoms with van der Waals surface area (Å²) in [4.78, 5) is 14.2. The highest BCUT2D eigenvalue weighted by molar-refractivity contribution is 5.78. The molecule has 3 heteroatoms. The third kappa shape index (κ3) is 3.21. The second-order valence-corrected chi connectivity index (χ2v) is 5.70. The van der Waals surface area contributed by atoms with E-state index >= 15 is 0 Å². The zero-order valence-electron chi connectivity index (χ0n) is 10.7. The molecule has 2 aliphatic rings. The molecule has 0 unspecified atom stereocenters. The van der Waals surface area contributed by atoms with Crippen molar-refractivity contribution in [3.05, 3.63) is 0 Å². The van der Waals surface area contributed by atoms with Crippen molar-refractivity contribution in [3.63, 3.8) is 0 Å². The van der Waals surface area contributed by atoms with Gasteiger partial charge in [-0.3, -0.25) is 9.69 Å². The Labute approximate surface area is 98.6 Å². The van der Waals surface area contributed by atoms with Crippen LogP contribution in [-0.4, -0.2) is 35.5 Å². The van der Waals surface area contributed by atoms with Crippen molar-refractivity contribution in [3.8, 4) is 0 Å². The van der Waals surface area contributed by atoms with Crippen LogP contribution in [-0.2, 0) is 4.79 Å². The fraction of sp³-hybridized carbons (Fsp3) is 0.923. The van der Waals surface area contributed by atoms with Gasteiger partial charge in [0.2, 0.25) is 5.91 Å². The van der Waals surface area contributed by atoms with E-state index in [4.69, 9.17) is 0 Å². The lowest BCUT2D eigenvalue weighted by molar-refractivity contribution is -0.123. The van der Waals surface area contributed by atoms with Crippen molar-refractivity contribution in [1.82, 2.24) is 10.2 Å². The van der Waals surface area contributed by atoms with Crippen molar-refractivity contribution in [2.24, 2.45) is 5.92 Å². The molecule has 92 valence electrons. The Hall–Kier alpha value is -0.570. The quantitative estimate of drug-likeness (QED) is 0.746. The Morgan fingerprint density at radius 2 is 1.88 bits per heavy atom. The molecule has 0 aromatic heterocycles. The Morgan fingerprint density at radius 3 is 2.31 bits per heavy atom. The molecule has 0 aliphatic heterocycles. The van der Waals surface area contributed by atoms with E-state index in [1.807, 2.05) is 13.8 Å². The van der Waals surface area contributed by atoms with Crippen LogP contribution in [0.1, 0.15) is 46.5 Å². The molecule has 0 aromatic rings. The summed E-state index contributed by atoms with van der Waals surface area (Å²) in [5, 5.41) is 2.99. The number of hydrogen-bond donors (Lipinski definition) is 1. The molecule has 1 amide bonds. The molecule has 1 atom stereocenters. The maximum atomic E-state index is 11.8. The van der Waals surface area contributed by atoms with Crippen molar-refractivity contribution in [2.75, 3.05) is 6.54 Å². The predicted molar refractivity (Wildman–Crippen MR) is 65.2 cm³/mol. The Balaban J connectivity index is 1.84. The normalized spacial score (nSPS) is 22.6. The first kappa shape index (κ1) is 11.9. The Morgan fingerprint density at radius 1 is 1.25 bits per heavy atom. The number of nitrogens with one attached hydrogen (secondary N) is 1. The van der Waals surface area contributed by atoms with E-state index in [1.165, 1.54) is 25.7 Å². The average Bonchev–Trinajstić information content (AvgIpc) is 3.02. The summed E-state index contributed by atoms with van der Waals surface area (Å²) >= 11 is 0. The number of carbonyl (C=O) groups is 1. The van der Waals surface area contributed by atoms with Gasteiger partial charge in [0.15, 0.2) is 0 Å². The van der Waals surface area contributed by atoms with Gasteiger partial charge in [0, 0.05) is 18.1 Å². The summed E-state index contributed by atoms with van der Waals surface area (Å²) in [6, 6.07) is 1.55. The molecule has 2 fully saturated rings. The van der Waals surface area contributed by atoms with E-state index in [1.54, 1.807) is 0 Å². The van der Waals surface area contributed by atoms with Crippen LogP contribution < -0.4 is 5.32 Å². The van der Waals surface area contributed by atoms with Gasteiger partial charge in [0.25, 0.3) is 0 Å². The first-order valence-electron chi connectivity index (χ1n) is 6.63. The first-order valence-corrected chi connectivity index (χ1v) is 6.63. The molecule has 0 heterocycles. The molecule has 0 aromatic carbocycles. The van der Waals surface area contributed by atoms with Gasteiger partial charge in [-0.1, -0.05) is 0 Å². The molecule has 2 saturated carbocycles. The number of hydrogen-bond acceptors (Lipinski definition) is 2. The fourth-order valence-electron chi connectivity index (χ4n) is 2.39. The molecule has 2 aliphatic carbocycles. The monoisotopic (exact) mass is 224 g/mol. The number of rotatable bonds is 6. The summed E-state index contributed by atoms with van der Waals surface area (Å²) in [6.07, 6.45) is 5.28. The minimum Gasteiger partial charge on any atom is -0.353 e. The van der Waals surface area contributed by atoms with E-state index < -0.39 is 0 Å². The van der Waals surface area contributed by atoms with Crippen LogP contribution >= 0.6 is 0 Å². The molecule has 0 saturated heterocycles. The zero-order valence-corrected chi connectivity index (χ0v) is 10.7. The Kier molecular flexibility index (Phi) is 3.53.